The van der Waals surface area contributed by atoms with Crippen molar-refractivity contribution in [3.63, 3.8) is 0 Å². The number of carbonyl (C=O) groups excluding carboxylic acids is 1. The van der Waals surface area contributed by atoms with Gasteiger partial charge in [-0.3, -0.25) is 4.79 Å². The van der Waals surface area contributed by atoms with Crippen molar-refractivity contribution in [1.29, 1.82) is 0 Å². The van der Waals surface area contributed by atoms with Crippen LogP contribution < -0.4 is 19.5 Å². The van der Waals surface area contributed by atoms with Gasteiger partial charge >= 0.3 is 0 Å². The number of carbonyl (C=O) groups is 1. The molecule has 0 atom stereocenters. The summed E-state index contributed by atoms with van der Waals surface area (Å²) in [6.45, 7) is 2.78. The number of ether oxygens (including phenoxy) is 3. The normalized spacial score (nSPS) is 10.3. The Labute approximate surface area is 159 Å². The number of amides is 1. The number of methoxy groups -OCH3 is 2. The second-order valence-corrected chi connectivity index (χ2v) is 6.22. The van der Waals surface area contributed by atoms with Crippen LogP contribution in [0.15, 0.2) is 36.4 Å². The topological polar surface area (TPSA) is 56.8 Å². The molecular weight excluding hydrogens is 354 g/mol. The lowest BCUT2D eigenvalue weighted by Gasteiger charge is -2.12. The van der Waals surface area contributed by atoms with Crippen molar-refractivity contribution in [2.75, 3.05) is 20.8 Å². The van der Waals surface area contributed by atoms with Crippen LogP contribution in [-0.4, -0.2) is 26.7 Å². The number of hydrogen-bond donors (Lipinski definition) is 1. The van der Waals surface area contributed by atoms with Crippen LogP contribution in [0.2, 0.25) is 5.02 Å². The minimum atomic E-state index is -0.0363. The van der Waals surface area contributed by atoms with E-state index in [1.54, 1.807) is 20.3 Å². The maximum atomic E-state index is 12.0. The van der Waals surface area contributed by atoms with E-state index < -0.39 is 0 Å². The SMILES string of the molecule is COc1ccc(OC)c(CNC(=O)CCCOc2ccc(Cl)c(C)c2)c1. The predicted molar refractivity (Wildman–Crippen MR) is 102 cm³/mol. The van der Waals surface area contributed by atoms with Gasteiger partial charge in [-0.25, -0.2) is 0 Å². The van der Waals surface area contributed by atoms with Gasteiger partial charge in [0, 0.05) is 23.6 Å². The molecule has 6 heteroatoms. The molecule has 0 unspecified atom stereocenters. The number of benzene rings is 2. The van der Waals surface area contributed by atoms with Gasteiger partial charge in [-0.05, 0) is 55.3 Å². The van der Waals surface area contributed by atoms with Crippen LogP contribution in [0.25, 0.3) is 0 Å². The number of nitrogens with one attached hydrogen (secondary N) is 1. The molecule has 0 radical (unpaired) electrons. The van der Waals surface area contributed by atoms with E-state index in [9.17, 15) is 4.79 Å². The van der Waals surface area contributed by atoms with Gasteiger partial charge in [-0.15, -0.1) is 0 Å². The summed E-state index contributed by atoms with van der Waals surface area (Å²) in [4.78, 5) is 12.0. The van der Waals surface area contributed by atoms with Gasteiger partial charge in [-0.1, -0.05) is 11.6 Å². The van der Waals surface area contributed by atoms with Crippen molar-refractivity contribution in [2.45, 2.75) is 26.3 Å². The van der Waals surface area contributed by atoms with E-state index in [-0.39, 0.29) is 5.91 Å². The fourth-order valence-corrected chi connectivity index (χ4v) is 2.55. The third kappa shape index (κ3) is 5.85. The van der Waals surface area contributed by atoms with E-state index in [0.29, 0.717) is 36.8 Å². The average Bonchev–Trinajstić information content (AvgIpc) is 2.66. The molecule has 0 aromatic heterocycles. The van der Waals surface area contributed by atoms with Gasteiger partial charge in [0.05, 0.1) is 20.8 Å². The molecule has 0 saturated carbocycles. The molecule has 2 rings (SSSR count). The van der Waals surface area contributed by atoms with Crippen molar-refractivity contribution in [1.82, 2.24) is 5.32 Å². The van der Waals surface area contributed by atoms with Crippen LogP contribution in [0.4, 0.5) is 0 Å². The monoisotopic (exact) mass is 377 g/mol. The largest absolute Gasteiger partial charge is 0.497 e. The van der Waals surface area contributed by atoms with Crippen LogP contribution in [0.1, 0.15) is 24.0 Å². The molecule has 0 spiro atoms. The van der Waals surface area contributed by atoms with Gasteiger partial charge < -0.3 is 19.5 Å². The summed E-state index contributed by atoms with van der Waals surface area (Å²) in [7, 11) is 3.20. The molecule has 5 nitrogen and oxygen atoms in total. The van der Waals surface area contributed by atoms with E-state index in [2.05, 4.69) is 5.32 Å². The van der Waals surface area contributed by atoms with Gasteiger partial charge in [0.2, 0.25) is 5.91 Å². The second-order valence-electron chi connectivity index (χ2n) is 5.82. The molecule has 1 N–H and O–H groups in total. The van der Waals surface area contributed by atoms with E-state index in [4.69, 9.17) is 25.8 Å². The van der Waals surface area contributed by atoms with Crippen molar-refractivity contribution >= 4 is 17.5 Å². The van der Waals surface area contributed by atoms with E-state index in [0.717, 1.165) is 22.6 Å². The fraction of sp³-hybridized carbons (Fsp3) is 0.350. The van der Waals surface area contributed by atoms with E-state index in [1.807, 2.05) is 37.3 Å². The van der Waals surface area contributed by atoms with Gasteiger partial charge in [0.1, 0.15) is 17.2 Å². The molecule has 0 aliphatic heterocycles. The quantitative estimate of drug-likeness (QED) is 0.667. The molecule has 0 heterocycles. The third-order valence-electron chi connectivity index (χ3n) is 3.91. The standard InChI is InChI=1S/C20H24ClNO4/c1-14-11-17(6-8-18(14)21)26-10-4-5-20(23)22-13-15-12-16(24-2)7-9-19(15)25-3/h6-9,11-12H,4-5,10,13H2,1-3H3,(H,22,23). The van der Waals surface area contributed by atoms with Crippen LogP contribution in [-0.2, 0) is 11.3 Å². The van der Waals surface area contributed by atoms with Crippen molar-refractivity contribution in [3.8, 4) is 17.2 Å². The van der Waals surface area contributed by atoms with Gasteiger partial charge in [0.15, 0.2) is 0 Å². The first kappa shape index (κ1) is 19.9. The Hall–Kier alpha value is -2.40. The Morgan fingerprint density at radius 1 is 1.08 bits per heavy atom. The first-order chi connectivity index (χ1) is 12.5. The van der Waals surface area contributed by atoms with E-state index >= 15 is 0 Å². The lowest BCUT2D eigenvalue weighted by molar-refractivity contribution is -0.121. The summed E-state index contributed by atoms with van der Waals surface area (Å²) in [5, 5.41) is 3.61. The molecule has 0 aliphatic rings. The highest BCUT2D eigenvalue weighted by atomic mass is 35.5. The zero-order chi connectivity index (χ0) is 18.9. The van der Waals surface area contributed by atoms with Gasteiger partial charge in [0.25, 0.3) is 0 Å². The molecule has 26 heavy (non-hydrogen) atoms. The summed E-state index contributed by atoms with van der Waals surface area (Å²) < 4.78 is 16.2. The molecule has 0 aliphatic carbocycles. The Kier molecular flexibility index (Phi) is 7.60. The Morgan fingerprint density at radius 3 is 2.54 bits per heavy atom. The zero-order valence-electron chi connectivity index (χ0n) is 15.3. The smallest absolute Gasteiger partial charge is 0.220 e. The number of halogens is 1. The van der Waals surface area contributed by atoms with Crippen molar-refractivity contribution in [3.05, 3.63) is 52.5 Å². The Balaban J connectivity index is 1.74. The van der Waals surface area contributed by atoms with E-state index in [1.165, 1.54) is 0 Å². The maximum Gasteiger partial charge on any atom is 0.220 e. The Bertz CT molecular complexity index is 749. The van der Waals surface area contributed by atoms with Gasteiger partial charge in [-0.2, -0.15) is 0 Å². The maximum absolute atomic E-state index is 12.0. The molecule has 0 fully saturated rings. The third-order valence-corrected chi connectivity index (χ3v) is 4.33. The minimum absolute atomic E-state index is 0.0363. The summed E-state index contributed by atoms with van der Waals surface area (Å²) in [6.07, 6.45) is 1.02. The van der Waals surface area contributed by atoms with Crippen LogP contribution in [0.5, 0.6) is 17.2 Å². The summed E-state index contributed by atoms with van der Waals surface area (Å²) in [6, 6.07) is 11.0. The summed E-state index contributed by atoms with van der Waals surface area (Å²) in [5.74, 6) is 2.16. The molecule has 1 amide bonds. The molecule has 0 saturated heterocycles. The lowest BCUT2D eigenvalue weighted by atomic mass is 10.2. The molecule has 2 aromatic rings. The highest BCUT2D eigenvalue weighted by Gasteiger charge is 2.08. The first-order valence-corrected chi connectivity index (χ1v) is 8.78. The summed E-state index contributed by atoms with van der Waals surface area (Å²) in [5.41, 5.74) is 1.84. The highest BCUT2D eigenvalue weighted by Crippen LogP contribution is 2.24. The summed E-state index contributed by atoms with van der Waals surface area (Å²) >= 11 is 5.98. The number of aryl methyl sites for hydroxylation is 1. The fourth-order valence-electron chi connectivity index (χ4n) is 2.43. The highest BCUT2D eigenvalue weighted by molar-refractivity contribution is 6.31. The van der Waals surface area contributed by atoms with Crippen molar-refractivity contribution < 1.29 is 19.0 Å². The Morgan fingerprint density at radius 2 is 1.85 bits per heavy atom. The lowest BCUT2D eigenvalue weighted by Crippen LogP contribution is -2.23. The average molecular weight is 378 g/mol. The minimum Gasteiger partial charge on any atom is -0.497 e. The number of rotatable bonds is 9. The van der Waals surface area contributed by atoms with Crippen LogP contribution >= 0.6 is 11.6 Å². The molecule has 2 aromatic carbocycles. The number of hydrogen-bond acceptors (Lipinski definition) is 4. The molecule has 0 bridgehead atoms. The van der Waals surface area contributed by atoms with Crippen LogP contribution in [0, 0.1) is 6.92 Å². The second kappa shape index (κ2) is 9.92. The van der Waals surface area contributed by atoms with Crippen LogP contribution in [0.3, 0.4) is 0 Å². The molecular formula is C20H24ClNO4. The first-order valence-electron chi connectivity index (χ1n) is 8.40. The predicted octanol–water partition coefficient (Wildman–Crippen LogP) is 4.14. The molecule has 140 valence electrons. The zero-order valence-corrected chi connectivity index (χ0v) is 16.1. The van der Waals surface area contributed by atoms with Crippen molar-refractivity contribution in [2.24, 2.45) is 0 Å².